The average molecular weight is 493 g/mol. The smallest absolute Gasteiger partial charge is 0.240 e. The van der Waals surface area contributed by atoms with Gasteiger partial charge in [-0.2, -0.15) is 36.4 Å². The van der Waals surface area contributed by atoms with Gasteiger partial charge in [0.05, 0.1) is 5.71 Å². The monoisotopic (exact) mass is 493 g/mol. The summed E-state index contributed by atoms with van der Waals surface area (Å²) in [5.41, 5.74) is 8.24. The number of nitrogens with zero attached hydrogens (tertiary/aromatic N) is 3. The number of fused-ring (bicyclic) bond motifs is 4. The van der Waals surface area contributed by atoms with Crippen molar-refractivity contribution >= 4 is 28.4 Å². The molecule has 1 radical (unpaired) electrons. The maximum absolute atomic E-state index is 5.12. The van der Waals surface area contributed by atoms with Gasteiger partial charge in [0.25, 0.3) is 0 Å². The fraction of sp³-hybridized carbons (Fsp3) is 0.286. The standard InChI is InChI=1S/C28H26N3.Y/c1-20-19-23(22-11-5-3-6-12-22)15-16-25(20)30-21(2)28(17-9-4-10-18-28)31-26-14-8-7-13-24(26)29-27(30)31;/h3,5-8,11,13-16H,4,9-10,17-18H2,1-2H3;/q-1;. The van der Waals surface area contributed by atoms with Crippen molar-refractivity contribution in [2.75, 3.05) is 0 Å². The van der Waals surface area contributed by atoms with Crippen molar-refractivity contribution in [1.82, 2.24) is 14.1 Å². The molecule has 1 saturated carbocycles. The Labute approximate surface area is 215 Å². The summed E-state index contributed by atoms with van der Waals surface area (Å²) in [4.78, 5) is 5.12. The topological polar surface area (TPSA) is 20.8 Å². The molecule has 2 aliphatic rings. The minimum atomic E-state index is 0. The van der Waals surface area contributed by atoms with Gasteiger partial charge in [-0.25, -0.2) is 20.3 Å². The van der Waals surface area contributed by atoms with Crippen molar-refractivity contribution < 1.29 is 32.7 Å². The van der Waals surface area contributed by atoms with Crippen LogP contribution in [0, 0.1) is 19.1 Å². The van der Waals surface area contributed by atoms with E-state index in [9.17, 15) is 0 Å². The van der Waals surface area contributed by atoms with Crippen molar-refractivity contribution in [2.24, 2.45) is 0 Å². The molecule has 1 aromatic heterocycles. The molecular weight excluding hydrogens is 467 g/mol. The van der Waals surface area contributed by atoms with Crippen LogP contribution in [0.3, 0.4) is 0 Å². The zero-order valence-electron chi connectivity index (χ0n) is 18.7. The normalized spacial score (nSPS) is 16.9. The molecule has 32 heavy (non-hydrogen) atoms. The first-order valence-corrected chi connectivity index (χ1v) is 11.3. The van der Waals surface area contributed by atoms with E-state index >= 15 is 0 Å². The largest absolute Gasteiger partial charge is 0.396 e. The maximum atomic E-state index is 5.12. The number of aryl methyl sites for hydroxylation is 1. The van der Waals surface area contributed by atoms with E-state index in [-0.39, 0.29) is 38.2 Å². The summed E-state index contributed by atoms with van der Waals surface area (Å²) < 4.78 is 4.94. The van der Waals surface area contributed by atoms with Crippen LogP contribution in [0.5, 0.6) is 0 Å². The van der Waals surface area contributed by atoms with Crippen LogP contribution in [-0.4, -0.2) is 15.3 Å². The summed E-state index contributed by atoms with van der Waals surface area (Å²) in [6.45, 7) is 4.47. The summed E-state index contributed by atoms with van der Waals surface area (Å²) in [7, 11) is 0. The molecular formula is C28H26N3Y-. The van der Waals surface area contributed by atoms with E-state index < -0.39 is 0 Å². The fourth-order valence-corrected chi connectivity index (χ4v) is 5.67. The van der Waals surface area contributed by atoms with E-state index in [4.69, 9.17) is 4.98 Å². The first kappa shape index (κ1) is 21.7. The molecule has 0 unspecified atom stereocenters. The molecule has 0 saturated heterocycles. The van der Waals surface area contributed by atoms with Crippen molar-refractivity contribution in [3.8, 4) is 11.1 Å². The Kier molecular flexibility index (Phi) is 5.67. The Balaban J connectivity index is 0.00000216. The van der Waals surface area contributed by atoms with E-state index in [0.29, 0.717) is 0 Å². The molecule has 4 heteroatoms. The molecule has 0 N–H and O–H groups in total. The second-order valence-corrected chi connectivity index (χ2v) is 8.91. The van der Waals surface area contributed by atoms with Crippen LogP contribution < -0.4 is 4.58 Å². The molecule has 0 atom stereocenters. The van der Waals surface area contributed by atoms with Crippen LogP contribution in [0.2, 0.25) is 0 Å². The summed E-state index contributed by atoms with van der Waals surface area (Å²) in [5, 5.41) is 0. The molecule has 1 spiro atoms. The van der Waals surface area contributed by atoms with E-state index in [1.54, 1.807) is 0 Å². The van der Waals surface area contributed by atoms with Crippen LogP contribution in [0.1, 0.15) is 44.6 Å². The van der Waals surface area contributed by atoms with Gasteiger partial charge >= 0.3 is 5.95 Å². The summed E-state index contributed by atoms with van der Waals surface area (Å²) in [6, 6.07) is 28.0. The molecule has 2 heterocycles. The Bertz CT molecular complexity index is 1330. The minimum absolute atomic E-state index is 0. The quantitative estimate of drug-likeness (QED) is 0.228. The van der Waals surface area contributed by atoms with E-state index in [1.165, 1.54) is 49.0 Å². The van der Waals surface area contributed by atoms with Crippen molar-refractivity contribution in [1.29, 1.82) is 0 Å². The second-order valence-electron chi connectivity index (χ2n) is 8.91. The number of imidazole rings is 1. The SMILES string of the molecule is CC1=[N+](c2ccc(-c3[c-]cccc3)[c-]c2C)c2nc3ccccc3n2C12CCCCC2.[Y]. The van der Waals surface area contributed by atoms with Crippen LogP contribution in [0.25, 0.3) is 22.2 Å². The predicted molar refractivity (Wildman–Crippen MR) is 127 cm³/mol. The van der Waals surface area contributed by atoms with Crippen LogP contribution in [-0.2, 0) is 38.2 Å². The van der Waals surface area contributed by atoms with Gasteiger partial charge in [0.1, 0.15) is 11.1 Å². The molecule has 3 aromatic carbocycles. The van der Waals surface area contributed by atoms with Gasteiger partial charge in [0.15, 0.2) is 5.52 Å². The van der Waals surface area contributed by atoms with Gasteiger partial charge in [-0.15, -0.1) is 17.7 Å². The molecule has 1 aliphatic heterocycles. The molecule has 6 rings (SSSR count). The van der Waals surface area contributed by atoms with Gasteiger partial charge in [-0.1, -0.05) is 30.5 Å². The number of hydrogen-bond donors (Lipinski definition) is 0. The molecule has 1 fully saturated rings. The van der Waals surface area contributed by atoms with Crippen LogP contribution in [0.4, 0.5) is 11.6 Å². The summed E-state index contributed by atoms with van der Waals surface area (Å²) in [6.07, 6.45) is 6.23. The number of aromatic nitrogens is 2. The third kappa shape index (κ3) is 3.16. The number of para-hydroxylation sites is 2. The zero-order chi connectivity index (χ0) is 21.0. The van der Waals surface area contributed by atoms with Crippen molar-refractivity contribution in [2.45, 2.75) is 51.5 Å². The fourth-order valence-electron chi connectivity index (χ4n) is 5.67. The summed E-state index contributed by atoms with van der Waals surface area (Å²) in [5.74, 6) is 1.05. The number of rotatable bonds is 2. The maximum Gasteiger partial charge on any atom is 0.396 e. The minimum Gasteiger partial charge on any atom is -0.240 e. The zero-order valence-corrected chi connectivity index (χ0v) is 21.6. The van der Waals surface area contributed by atoms with Gasteiger partial charge in [0, 0.05) is 38.4 Å². The van der Waals surface area contributed by atoms with Gasteiger partial charge in [0.2, 0.25) is 0 Å². The van der Waals surface area contributed by atoms with Crippen LogP contribution in [0.15, 0.2) is 60.7 Å². The molecule has 0 bridgehead atoms. The Morgan fingerprint density at radius 1 is 0.906 bits per heavy atom. The third-order valence-corrected chi connectivity index (χ3v) is 7.22. The van der Waals surface area contributed by atoms with E-state index in [0.717, 1.165) is 28.2 Å². The van der Waals surface area contributed by atoms with Crippen molar-refractivity contribution in [3.05, 3.63) is 78.4 Å². The van der Waals surface area contributed by atoms with Crippen LogP contribution >= 0.6 is 0 Å². The van der Waals surface area contributed by atoms with E-state index in [1.807, 2.05) is 12.1 Å². The van der Waals surface area contributed by atoms with Crippen molar-refractivity contribution in [3.63, 3.8) is 0 Å². The molecule has 3 nitrogen and oxygen atoms in total. The molecule has 157 valence electrons. The van der Waals surface area contributed by atoms with Gasteiger partial charge in [-0.05, 0) is 44.7 Å². The van der Waals surface area contributed by atoms with E-state index in [2.05, 4.69) is 83.7 Å². The first-order valence-electron chi connectivity index (χ1n) is 11.3. The number of benzene rings is 3. The Hall–Kier alpha value is -2.10. The summed E-state index contributed by atoms with van der Waals surface area (Å²) >= 11 is 0. The second kappa shape index (κ2) is 8.35. The van der Waals surface area contributed by atoms with Gasteiger partial charge < -0.3 is 0 Å². The first-order chi connectivity index (χ1) is 15.2. The number of hydrogen-bond acceptors (Lipinski definition) is 1. The molecule has 4 aromatic rings. The molecule has 1 aliphatic carbocycles. The Morgan fingerprint density at radius 2 is 1.69 bits per heavy atom. The average Bonchev–Trinajstić information content (AvgIpc) is 3.29. The molecule has 0 amide bonds. The predicted octanol–water partition coefficient (Wildman–Crippen LogP) is 6.58. The van der Waals surface area contributed by atoms with Gasteiger partial charge in [-0.3, -0.25) is 0 Å². The Morgan fingerprint density at radius 3 is 2.44 bits per heavy atom. The third-order valence-electron chi connectivity index (χ3n) is 7.22.